The number of nitrogens with zero attached hydrogens (tertiary/aromatic N) is 3. The molecule has 0 spiro atoms. The lowest BCUT2D eigenvalue weighted by Crippen LogP contribution is -2.06. The van der Waals surface area contributed by atoms with Gasteiger partial charge in [-0.15, -0.1) is 0 Å². The molecule has 2 aromatic rings. The van der Waals surface area contributed by atoms with Gasteiger partial charge >= 0.3 is 5.97 Å². The average Bonchev–Trinajstić information content (AvgIpc) is 2.79. The van der Waals surface area contributed by atoms with Crippen LogP contribution in [-0.2, 0) is 9.47 Å². The monoisotopic (exact) mass is 285 g/mol. The van der Waals surface area contributed by atoms with Crippen molar-refractivity contribution in [3.63, 3.8) is 0 Å². The van der Waals surface area contributed by atoms with Gasteiger partial charge in [-0.05, 0) is 6.92 Å². The fourth-order valence-electron chi connectivity index (χ4n) is 1.45. The number of carbonyl (C=O) groups is 1. The van der Waals surface area contributed by atoms with Gasteiger partial charge in [0.2, 0.25) is 0 Å². The van der Waals surface area contributed by atoms with Crippen molar-refractivity contribution in [1.29, 1.82) is 0 Å². The van der Waals surface area contributed by atoms with Gasteiger partial charge in [-0.2, -0.15) is 5.10 Å². The number of carbonyl (C=O) groups excluding carboxylic acids is 1. The van der Waals surface area contributed by atoms with Crippen LogP contribution in [0.3, 0.4) is 0 Å². The highest BCUT2D eigenvalue weighted by atomic mass is 35.5. The third kappa shape index (κ3) is 2.77. The lowest BCUT2D eigenvalue weighted by Gasteiger charge is -2.06. The first-order chi connectivity index (χ1) is 9.17. The van der Waals surface area contributed by atoms with Crippen LogP contribution < -0.4 is 4.74 Å². The van der Waals surface area contributed by atoms with Gasteiger partial charge in [-0.1, -0.05) is 11.6 Å². The summed E-state index contributed by atoms with van der Waals surface area (Å²) in [5.41, 5.74) is 0.565. The molecule has 0 aliphatic rings. The summed E-state index contributed by atoms with van der Waals surface area (Å²) in [7, 11) is 1.49. The first kappa shape index (κ1) is 13.6. The highest BCUT2D eigenvalue weighted by molar-refractivity contribution is 6.31. The second kappa shape index (κ2) is 5.85. The molecular formula is C11H12ClN3O4. The van der Waals surface area contributed by atoms with Crippen molar-refractivity contribution in [3.8, 4) is 5.75 Å². The van der Waals surface area contributed by atoms with Gasteiger partial charge < -0.3 is 14.2 Å². The highest BCUT2D eigenvalue weighted by Crippen LogP contribution is 2.23. The van der Waals surface area contributed by atoms with Crippen LogP contribution in [0.1, 0.15) is 17.3 Å². The quantitative estimate of drug-likeness (QED) is 0.471. The maximum absolute atomic E-state index is 11.7. The van der Waals surface area contributed by atoms with Gasteiger partial charge in [0.05, 0.1) is 19.0 Å². The Morgan fingerprint density at radius 3 is 3.00 bits per heavy atom. The maximum Gasteiger partial charge on any atom is 0.343 e. The average molecular weight is 286 g/mol. The lowest BCUT2D eigenvalue weighted by molar-refractivity contribution is 0.0503. The third-order valence-corrected chi connectivity index (χ3v) is 2.51. The number of methoxy groups -OCH3 is 1. The number of ether oxygens (including phenoxy) is 3. The van der Waals surface area contributed by atoms with Crippen molar-refractivity contribution < 1.29 is 19.0 Å². The van der Waals surface area contributed by atoms with Crippen molar-refractivity contribution in [2.24, 2.45) is 0 Å². The van der Waals surface area contributed by atoms with E-state index in [0.717, 1.165) is 0 Å². The minimum absolute atomic E-state index is 0.0406. The standard InChI is InChI=1S/C11H12ClN3O4/c1-3-18-11(16)7-4-13-15-5-8(19-6-17-2)9(12)14-10(7)15/h4-5H,3,6H2,1-2H3. The number of rotatable bonds is 5. The van der Waals surface area contributed by atoms with E-state index in [-0.39, 0.29) is 24.1 Å². The molecule has 0 aliphatic carbocycles. The SMILES string of the molecule is CCOC(=O)c1cnn2cc(OCOC)c(Cl)nc12. The number of hydrogen-bond donors (Lipinski definition) is 0. The van der Waals surface area contributed by atoms with Gasteiger partial charge in [-0.3, -0.25) is 0 Å². The number of esters is 1. The number of halogens is 1. The Labute approximate surface area is 114 Å². The van der Waals surface area contributed by atoms with E-state index in [2.05, 4.69) is 10.1 Å². The predicted octanol–water partition coefficient (Wildman–Crippen LogP) is 1.54. The number of aromatic nitrogens is 3. The zero-order chi connectivity index (χ0) is 13.8. The van der Waals surface area contributed by atoms with Gasteiger partial charge in [0.1, 0.15) is 5.56 Å². The molecule has 0 amide bonds. The fourth-order valence-corrected chi connectivity index (χ4v) is 1.63. The van der Waals surface area contributed by atoms with E-state index in [1.807, 2.05) is 0 Å². The number of fused-ring (bicyclic) bond motifs is 1. The topological polar surface area (TPSA) is 75.0 Å². The van der Waals surface area contributed by atoms with Crippen molar-refractivity contribution in [2.45, 2.75) is 6.92 Å². The molecule has 0 bridgehead atoms. The van der Waals surface area contributed by atoms with Crippen molar-refractivity contribution in [1.82, 2.24) is 14.6 Å². The molecule has 8 heteroatoms. The Balaban J connectivity index is 2.39. The summed E-state index contributed by atoms with van der Waals surface area (Å²) < 4.78 is 16.3. The molecule has 0 N–H and O–H groups in total. The maximum atomic E-state index is 11.7. The van der Waals surface area contributed by atoms with E-state index < -0.39 is 5.97 Å². The Kier molecular flexibility index (Phi) is 4.18. The van der Waals surface area contributed by atoms with Gasteiger partial charge in [0, 0.05) is 7.11 Å². The fraction of sp³-hybridized carbons (Fsp3) is 0.364. The van der Waals surface area contributed by atoms with Gasteiger partial charge in [0.15, 0.2) is 23.3 Å². The van der Waals surface area contributed by atoms with E-state index in [0.29, 0.717) is 11.4 Å². The summed E-state index contributed by atoms with van der Waals surface area (Å²) in [6.07, 6.45) is 2.89. The van der Waals surface area contributed by atoms with Gasteiger partial charge in [0.25, 0.3) is 0 Å². The van der Waals surface area contributed by atoms with Crippen LogP contribution in [-0.4, -0.2) is 41.1 Å². The smallest absolute Gasteiger partial charge is 0.343 e. The summed E-state index contributed by atoms with van der Waals surface area (Å²) in [6.45, 7) is 2.04. The molecular weight excluding hydrogens is 274 g/mol. The molecule has 19 heavy (non-hydrogen) atoms. The number of hydrogen-bond acceptors (Lipinski definition) is 6. The molecule has 102 valence electrons. The molecule has 0 saturated carbocycles. The van der Waals surface area contributed by atoms with Crippen LogP contribution in [0.5, 0.6) is 5.75 Å². The first-order valence-corrected chi connectivity index (χ1v) is 5.88. The molecule has 0 fully saturated rings. The van der Waals surface area contributed by atoms with Crippen LogP contribution in [0, 0.1) is 0 Å². The Hall–Kier alpha value is -1.86. The zero-order valence-corrected chi connectivity index (χ0v) is 11.2. The van der Waals surface area contributed by atoms with E-state index in [9.17, 15) is 4.79 Å². The normalized spacial score (nSPS) is 10.7. The molecule has 0 atom stereocenters. The minimum Gasteiger partial charge on any atom is -0.463 e. The second-order valence-corrected chi connectivity index (χ2v) is 3.85. The summed E-state index contributed by atoms with van der Waals surface area (Å²) in [6, 6.07) is 0. The van der Waals surface area contributed by atoms with Crippen LogP contribution in [0.4, 0.5) is 0 Å². The molecule has 0 aromatic carbocycles. The minimum atomic E-state index is -0.494. The lowest BCUT2D eigenvalue weighted by atomic mass is 10.3. The van der Waals surface area contributed by atoms with Gasteiger partial charge in [-0.25, -0.2) is 14.3 Å². The van der Waals surface area contributed by atoms with Crippen molar-refractivity contribution in [3.05, 3.63) is 23.1 Å². The van der Waals surface area contributed by atoms with Crippen molar-refractivity contribution in [2.75, 3.05) is 20.5 Å². The van der Waals surface area contributed by atoms with E-state index in [1.165, 1.54) is 24.0 Å². The van der Waals surface area contributed by atoms with E-state index >= 15 is 0 Å². The Morgan fingerprint density at radius 1 is 1.53 bits per heavy atom. The highest BCUT2D eigenvalue weighted by Gasteiger charge is 2.17. The predicted molar refractivity (Wildman–Crippen MR) is 66.5 cm³/mol. The summed E-state index contributed by atoms with van der Waals surface area (Å²) in [5, 5.41) is 4.13. The zero-order valence-electron chi connectivity index (χ0n) is 10.4. The molecule has 2 heterocycles. The largest absolute Gasteiger partial charge is 0.463 e. The molecule has 0 unspecified atom stereocenters. The molecule has 0 aliphatic heterocycles. The Morgan fingerprint density at radius 2 is 2.32 bits per heavy atom. The summed E-state index contributed by atoms with van der Waals surface area (Å²) in [5.74, 6) is -0.179. The van der Waals surface area contributed by atoms with Crippen molar-refractivity contribution >= 4 is 23.2 Å². The molecule has 0 radical (unpaired) electrons. The first-order valence-electron chi connectivity index (χ1n) is 5.50. The second-order valence-electron chi connectivity index (χ2n) is 3.49. The summed E-state index contributed by atoms with van der Waals surface area (Å²) in [4.78, 5) is 15.8. The molecule has 0 saturated heterocycles. The van der Waals surface area contributed by atoms with Crippen LogP contribution in [0.25, 0.3) is 5.65 Å². The van der Waals surface area contributed by atoms with Crippen LogP contribution >= 0.6 is 11.6 Å². The van der Waals surface area contributed by atoms with E-state index in [1.54, 1.807) is 6.92 Å². The van der Waals surface area contributed by atoms with Crippen LogP contribution in [0.15, 0.2) is 12.4 Å². The molecule has 2 aromatic heterocycles. The Bertz CT molecular complexity index is 599. The third-order valence-electron chi connectivity index (χ3n) is 2.24. The molecule has 7 nitrogen and oxygen atoms in total. The summed E-state index contributed by atoms with van der Waals surface area (Å²) >= 11 is 5.96. The van der Waals surface area contributed by atoms with Crippen LogP contribution in [0.2, 0.25) is 5.15 Å². The van der Waals surface area contributed by atoms with E-state index in [4.69, 9.17) is 25.8 Å². The molecule has 2 rings (SSSR count).